The van der Waals surface area contributed by atoms with E-state index in [1.54, 1.807) is 25.2 Å². The highest BCUT2D eigenvalue weighted by Gasteiger charge is 2.17. The second-order valence-electron chi connectivity index (χ2n) is 6.49. The Morgan fingerprint density at radius 3 is 2.57 bits per heavy atom. The third-order valence-corrected chi connectivity index (χ3v) is 4.52. The van der Waals surface area contributed by atoms with Crippen LogP contribution in [-0.4, -0.2) is 42.7 Å². The number of amides is 1. The van der Waals surface area contributed by atoms with Gasteiger partial charge in [0.15, 0.2) is 0 Å². The quantitative estimate of drug-likeness (QED) is 0.682. The van der Waals surface area contributed by atoms with Crippen LogP contribution in [0, 0.1) is 6.92 Å². The predicted molar refractivity (Wildman–Crippen MR) is 105 cm³/mol. The van der Waals surface area contributed by atoms with Crippen molar-refractivity contribution in [1.29, 1.82) is 0 Å². The maximum Gasteiger partial charge on any atom is 0.254 e. The minimum Gasteiger partial charge on any atom is -0.337 e. The average Bonchev–Trinajstić information content (AvgIpc) is 3.09. The maximum absolute atomic E-state index is 12.6. The minimum atomic E-state index is -3.42. The van der Waals surface area contributed by atoms with E-state index >= 15 is 0 Å². The number of nitrogens with zero attached hydrogens (tertiary/aromatic N) is 3. The van der Waals surface area contributed by atoms with Crippen LogP contribution in [0.25, 0.3) is 11.4 Å². The molecule has 0 aliphatic heterocycles. The van der Waals surface area contributed by atoms with Crippen molar-refractivity contribution in [3.05, 3.63) is 65.5 Å². The number of rotatable bonds is 6. The summed E-state index contributed by atoms with van der Waals surface area (Å²) < 4.78 is 30.3. The molecule has 0 fully saturated rings. The molecule has 0 bridgehead atoms. The van der Waals surface area contributed by atoms with Gasteiger partial charge in [-0.1, -0.05) is 41.1 Å². The lowest BCUT2D eigenvalue weighted by Crippen LogP contribution is -2.26. The molecule has 0 spiro atoms. The lowest BCUT2D eigenvalue weighted by atomic mass is 10.1. The maximum atomic E-state index is 12.6. The van der Waals surface area contributed by atoms with Gasteiger partial charge in [-0.25, -0.2) is 8.42 Å². The SMILES string of the molecule is Cc1ccc(-c2noc(CN(C)C(=O)c3cccc(NS(C)(=O)=O)c3)n2)cc1. The van der Waals surface area contributed by atoms with Crippen LogP contribution in [0.4, 0.5) is 5.69 Å². The first-order valence-corrected chi connectivity index (χ1v) is 10.3. The fourth-order valence-electron chi connectivity index (χ4n) is 2.56. The lowest BCUT2D eigenvalue weighted by Gasteiger charge is -2.15. The molecule has 0 atom stereocenters. The van der Waals surface area contributed by atoms with Crippen molar-refractivity contribution in [2.75, 3.05) is 18.0 Å². The fourth-order valence-corrected chi connectivity index (χ4v) is 3.12. The second-order valence-corrected chi connectivity index (χ2v) is 8.24. The van der Waals surface area contributed by atoms with Gasteiger partial charge >= 0.3 is 0 Å². The van der Waals surface area contributed by atoms with Crippen molar-refractivity contribution in [3.63, 3.8) is 0 Å². The van der Waals surface area contributed by atoms with Crippen LogP contribution < -0.4 is 4.72 Å². The zero-order valence-electron chi connectivity index (χ0n) is 15.7. The Hall–Kier alpha value is -3.20. The van der Waals surface area contributed by atoms with Gasteiger partial charge in [0, 0.05) is 23.9 Å². The number of nitrogens with one attached hydrogen (secondary N) is 1. The van der Waals surface area contributed by atoms with Crippen LogP contribution in [0.5, 0.6) is 0 Å². The molecule has 1 aromatic heterocycles. The number of aromatic nitrogens is 2. The Balaban J connectivity index is 1.71. The summed E-state index contributed by atoms with van der Waals surface area (Å²) in [4.78, 5) is 18.4. The standard InChI is InChI=1S/C19H20N4O4S/c1-13-7-9-14(10-8-13)18-20-17(27-21-18)12-23(2)19(24)15-5-4-6-16(11-15)22-28(3,25)26/h4-11,22H,12H2,1-3H3. The van der Waals surface area contributed by atoms with Crippen molar-refractivity contribution in [2.24, 2.45) is 0 Å². The number of aryl methyl sites for hydroxylation is 1. The van der Waals surface area contributed by atoms with Crippen molar-refractivity contribution in [1.82, 2.24) is 15.0 Å². The molecular weight excluding hydrogens is 380 g/mol. The number of anilines is 1. The van der Waals surface area contributed by atoms with Gasteiger partial charge < -0.3 is 9.42 Å². The highest BCUT2D eigenvalue weighted by Crippen LogP contribution is 2.18. The van der Waals surface area contributed by atoms with E-state index in [1.807, 2.05) is 31.2 Å². The smallest absolute Gasteiger partial charge is 0.254 e. The number of sulfonamides is 1. The van der Waals surface area contributed by atoms with E-state index in [0.717, 1.165) is 17.4 Å². The van der Waals surface area contributed by atoms with Gasteiger partial charge in [0.25, 0.3) is 5.91 Å². The summed E-state index contributed by atoms with van der Waals surface area (Å²) in [5.74, 6) is 0.458. The number of benzene rings is 2. The summed E-state index contributed by atoms with van der Waals surface area (Å²) in [7, 11) is -1.82. The summed E-state index contributed by atoms with van der Waals surface area (Å²) in [5, 5.41) is 3.95. The summed E-state index contributed by atoms with van der Waals surface area (Å²) in [6, 6.07) is 14.0. The molecule has 0 unspecified atom stereocenters. The van der Waals surface area contributed by atoms with Crippen molar-refractivity contribution >= 4 is 21.6 Å². The summed E-state index contributed by atoms with van der Waals surface area (Å²) in [5.41, 5.74) is 2.62. The molecular formula is C19H20N4O4S. The van der Waals surface area contributed by atoms with E-state index in [-0.39, 0.29) is 12.5 Å². The van der Waals surface area contributed by atoms with Gasteiger partial charge in [-0.2, -0.15) is 4.98 Å². The second kappa shape index (κ2) is 7.81. The van der Waals surface area contributed by atoms with Gasteiger partial charge in [0.1, 0.15) is 0 Å². The van der Waals surface area contributed by atoms with Gasteiger partial charge in [0.2, 0.25) is 21.7 Å². The van der Waals surface area contributed by atoms with Crippen LogP contribution in [0.1, 0.15) is 21.8 Å². The zero-order valence-corrected chi connectivity index (χ0v) is 16.5. The third kappa shape index (κ3) is 4.95. The molecule has 1 heterocycles. The normalized spacial score (nSPS) is 11.2. The Morgan fingerprint density at radius 2 is 1.89 bits per heavy atom. The highest BCUT2D eigenvalue weighted by molar-refractivity contribution is 7.92. The predicted octanol–water partition coefficient (Wildman–Crippen LogP) is 2.69. The number of carbonyl (C=O) groups is 1. The lowest BCUT2D eigenvalue weighted by molar-refractivity contribution is 0.0769. The molecule has 0 aliphatic carbocycles. The van der Waals surface area contributed by atoms with Gasteiger partial charge in [-0.3, -0.25) is 9.52 Å². The molecule has 1 amide bonds. The van der Waals surface area contributed by atoms with E-state index < -0.39 is 10.0 Å². The van der Waals surface area contributed by atoms with Gasteiger partial charge in [0.05, 0.1) is 12.8 Å². The number of hydrogen-bond donors (Lipinski definition) is 1. The topological polar surface area (TPSA) is 105 Å². The summed E-state index contributed by atoms with van der Waals surface area (Å²) in [6.07, 6.45) is 1.05. The fraction of sp³-hybridized carbons (Fsp3) is 0.211. The minimum absolute atomic E-state index is 0.126. The molecule has 0 radical (unpaired) electrons. The van der Waals surface area contributed by atoms with Gasteiger partial charge in [-0.15, -0.1) is 0 Å². The summed E-state index contributed by atoms with van der Waals surface area (Å²) in [6.45, 7) is 2.12. The third-order valence-electron chi connectivity index (χ3n) is 3.91. The van der Waals surface area contributed by atoms with E-state index in [2.05, 4.69) is 14.9 Å². The van der Waals surface area contributed by atoms with Crippen molar-refractivity contribution in [3.8, 4) is 11.4 Å². The first-order chi connectivity index (χ1) is 13.2. The van der Waals surface area contributed by atoms with Crippen LogP contribution in [0.2, 0.25) is 0 Å². The van der Waals surface area contributed by atoms with E-state index in [9.17, 15) is 13.2 Å². The first kappa shape index (κ1) is 19.6. The van der Waals surface area contributed by atoms with Crippen molar-refractivity contribution in [2.45, 2.75) is 13.5 Å². The molecule has 0 saturated heterocycles. The van der Waals surface area contributed by atoms with E-state index in [1.165, 1.54) is 11.0 Å². The van der Waals surface area contributed by atoms with Gasteiger partial charge in [-0.05, 0) is 25.1 Å². The Bertz CT molecular complexity index is 1090. The Morgan fingerprint density at radius 1 is 1.18 bits per heavy atom. The van der Waals surface area contributed by atoms with Crippen molar-refractivity contribution < 1.29 is 17.7 Å². The Kier molecular flexibility index (Phi) is 5.46. The molecule has 28 heavy (non-hydrogen) atoms. The molecule has 146 valence electrons. The molecule has 3 rings (SSSR count). The average molecular weight is 400 g/mol. The first-order valence-electron chi connectivity index (χ1n) is 8.44. The zero-order chi connectivity index (χ0) is 20.3. The van der Waals surface area contributed by atoms with E-state index in [4.69, 9.17) is 4.52 Å². The monoisotopic (exact) mass is 400 g/mol. The van der Waals surface area contributed by atoms with Crippen LogP contribution >= 0.6 is 0 Å². The molecule has 2 aromatic carbocycles. The van der Waals surface area contributed by atoms with Crippen LogP contribution in [0.15, 0.2) is 53.1 Å². The molecule has 0 aliphatic rings. The van der Waals surface area contributed by atoms with E-state index in [0.29, 0.717) is 23.0 Å². The molecule has 3 aromatic rings. The summed E-state index contributed by atoms with van der Waals surface area (Å²) >= 11 is 0. The molecule has 8 nitrogen and oxygen atoms in total. The molecule has 0 saturated carbocycles. The number of carbonyl (C=O) groups excluding carboxylic acids is 1. The molecule has 1 N–H and O–H groups in total. The molecule has 9 heteroatoms. The Labute approximate surface area is 163 Å². The highest BCUT2D eigenvalue weighted by atomic mass is 32.2. The largest absolute Gasteiger partial charge is 0.337 e. The van der Waals surface area contributed by atoms with Crippen LogP contribution in [0.3, 0.4) is 0 Å². The van der Waals surface area contributed by atoms with Crippen LogP contribution in [-0.2, 0) is 16.6 Å². The number of hydrogen-bond acceptors (Lipinski definition) is 6.